The zero-order chi connectivity index (χ0) is 13.2. The van der Waals surface area contributed by atoms with Gasteiger partial charge in [0.2, 0.25) is 5.91 Å². The summed E-state index contributed by atoms with van der Waals surface area (Å²) in [7, 11) is 0. The highest BCUT2D eigenvalue weighted by atomic mass is 16.5. The van der Waals surface area contributed by atoms with Crippen molar-refractivity contribution in [3.8, 4) is 0 Å². The molecule has 0 unspecified atom stereocenters. The minimum Gasteiger partial charge on any atom is -0.380 e. The first-order valence-electron chi connectivity index (χ1n) is 6.66. The fraction of sp³-hybridized carbons (Fsp3) is 0.769. The number of nitrogens with zero attached hydrogens (tertiary/aromatic N) is 2. The standard InChI is InChI=1S/C13H25N3O2/c1-3-5-14-13(17)12-16-8-6-15(7-9-16)10-11-18-4-2/h3H,1,4-12H2,2H3,(H,14,17). The minimum absolute atomic E-state index is 0.0812. The first-order valence-corrected chi connectivity index (χ1v) is 6.66. The van der Waals surface area contributed by atoms with Gasteiger partial charge in [-0.3, -0.25) is 14.6 Å². The van der Waals surface area contributed by atoms with Gasteiger partial charge in [0, 0.05) is 45.9 Å². The smallest absolute Gasteiger partial charge is 0.234 e. The Morgan fingerprint density at radius 3 is 2.61 bits per heavy atom. The topological polar surface area (TPSA) is 44.8 Å². The SMILES string of the molecule is C=CCNC(=O)CN1CCN(CCOCC)CC1. The number of hydrogen-bond donors (Lipinski definition) is 1. The normalized spacial score (nSPS) is 17.6. The zero-order valence-electron chi connectivity index (χ0n) is 11.4. The summed E-state index contributed by atoms with van der Waals surface area (Å²) in [6.07, 6.45) is 1.70. The highest BCUT2D eigenvalue weighted by Gasteiger charge is 2.18. The van der Waals surface area contributed by atoms with Crippen LogP contribution in [0.5, 0.6) is 0 Å². The lowest BCUT2D eigenvalue weighted by atomic mass is 10.3. The highest BCUT2D eigenvalue weighted by molar-refractivity contribution is 5.78. The van der Waals surface area contributed by atoms with Gasteiger partial charge in [-0.15, -0.1) is 6.58 Å². The van der Waals surface area contributed by atoms with E-state index in [0.29, 0.717) is 13.1 Å². The molecule has 18 heavy (non-hydrogen) atoms. The van der Waals surface area contributed by atoms with Crippen LogP contribution >= 0.6 is 0 Å². The van der Waals surface area contributed by atoms with Crippen molar-refractivity contribution in [1.29, 1.82) is 0 Å². The van der Waals surface area contributed by atoms with Gasteiger partial charge in [-0.1, -0.05) is 6.08 Å². The first kappa shape index (κ1) is 15.1. The van der Waals surface area contributed by atoms with Crippen molar-refractivity contribution in [2.75, 3.05) is 59.0 Å². The molecule has 0 radical (unpaired) electrons. The van der Waals surface area contributed by atoms with Crippen molar-refractivity contribution in [3.05, 3.63) is 12.7 Å². The van der Waals surface area contributed by atoms with Gasteiger partial charge < -0.3 is 10.1 Å². The fourth-order valence-electron chi connectivity index (χ4n) is 1.95. The molecule has 1 amide bonds. The lowest BCUT2D eigenvalue weighted by Gasteiger charge is -2.34. The van der Waals surface area contributed by atoms with Crippen molar-refractivity contribution >= 4 is 5.91 Å². The lowest BCUT2D eigenvalue weighted by molar-refractivity contribution is -0.122. The number of ether oxygens (including phenoxy) is 1. The van der Waals surface area contributed by atoms with Crippen LogP contribution in [0.1, 0.15) is 6.92 Å². The summed E-state index contributed by atoms with van der Waals surface area (Å²) in [5.74, 6) is 0.0812. The molecule has 0 aliphatic carbocycles. The summed E-state index contributed by atoms with van der Waals surface area (Å²) >= 11 is 0. The molecule has 1 N–H and O–H groups in total. The molecule has 1 aliphatic heterocycles. The second-order valence-corrected chi connectivity index (χ2v) is 4.41. The van der Waals surface area contributed by atoms with E-state index in [1.54, 1.807) is 6.08 Å². The highest BCUT2D eigenvalue weighted by Crippen LogP contribution is 2.00. The van der Waals surface area contributed by atoms with E-state index in [1.807, 2.05) is 6.92 Å². The average molecular weight is 255 g/mol. The van der Waals surface area contributed by atoms with Crippen molar-refractivity contribution in [2.45, 2.75) is 6.92 Å². The molecule has 0 saturated carbocycles. The number of nitrogens with one attached hydrogen (secondary N) is 1. The predicted octanol–water partition coefficient (Wildman–Crippen LogP) is -0.0573. The Hall–Kier alpha value is -0.910. The van der Waals surface area contributed by atoms with Crippen LogP contribution in [-0.2, 0) is 9.53 Å². The van der Waals surface area contributed by atoms with E-state index in [9.17, 15) is 4.79 Å². The Morgan fingerprint density at radius 1 is 1.33 bits per heavy atom. The van der Waals surface area contributed by atoms with Gasteiger partial charge >= 0.3 is 0 Å². The molecule has 5 heteroatoms. The molecule has 1 fully saturated rings. The molecular weight excluding hydrogens is 230 g/mol. The molecule has 0 atom stereocenters. The third-order valence-corrected chi connectivity index (χ3v) is 3.03. The van der Waals surface area contributed by atoms with Gasteiger partial charge in [-0.25, -0.2) is 0 Å². The van der Waals surface area contributed by atoms with E-state index < -0.39 is 0 Å². The molecular formula is C13H25N3O2. The Labute approximate surface area is 110 Å². The number of carbonyl (C=O) groups excluding carboxylic acids is 1. The number of amides is 1. The fourth-order valence-corrected chi connectivity index (χ4v) is 1.95. The van der Waals surface area contributed by atoms with Crippen molar-refractivity contribution in [2.24, 2.45) is 0 Å². The van der Waals surface area contributed by atoms with Crippen LogP contribution in [0, 0.1) is 0 Å². The largest absolute Gasteiger partial charge is 0.380 e. The third-order valence-electron chi connectivity index (χ3n) is 3.03. The molecule has 104 valence electrons. The summed E-state index contributed by atoms with van der Waals surface area (Å²) in [4.78, 5) is 16.1. The summed E-state index contributed by atoms with van der Waals surface area (Å²) in [5.41, 5.74) is 0. The number of carbonyl (C=O) groups is 1. The van der Waals surface area contributed by atoms with E-state index in [2.05, 4.69) is 21.7 Å². The summed E-state index contributed by atoms with van der Waals surface area (Å²) in [6.45, 7) is 13.1. The lowest BCUT2D eigenvalue weighted by Crippen LogP contribution is -2.50. The maximum absolute atomic E-state index is 11.5. The van der Waals surface area contributed by atoms with E-state index in [4.69, 9.17) is 4.74 Å². The first-order chi connectivity index (χ1) is 8.76. The van der Waals surface area contributed by atoms with Gasteiger partial charge in [0.15, 0.2) is 0 Å². The van der Waals surface area contributed by atoms with E-state index in [-0.39, 0.29) is 5.91 Å². The molecule has 0 bridgehead atoms. The Balaban J connectivity index is 2.11. The average Bonchev–Trinajstić information content (AvgIpc) is 2.39. The van der Waals surface area contributed by atoms with Gasteiger partial charge in [0.25, 0.3) is 0 Å². The van der Waals surface area contributed by atoms with Crippen molar-refractivity contribution in [3.63, 3.8) is 0 Å². The van der Waals surface area contributed by atoms with Crippen LogP contribution in [0.3, 0.4) is 0 Å². The van der Waals surface area contributed by atoms with E-state index in [0.717, 1.165) is 45.9 Å². The molecule has 0 spiro atoms. The molecule has 1 saturated heterocycles. The molecule has 0 aromatic rings. The molecule has 1 aliphatic rings. The Kier molecular flexibility index (Phi) is 7.64. The van der Waals surface area contributed by atoms with Crippen LogP contribution in [0.15, 0.2) is 12.7 Å². The van der Waals surface area contributed by atoms with Gasteiger partial charge in [0.1, 0.15) is 0 Å². The molecule has 1 heterocycles. The van der Waals surface area contributed by atoms with Gasteiger partial charge in [-0.05, 0) is 6.92 Å². The number of rotatable bonds is 8. The number of hydrogen-bond acceptors (Lipinski definition) is 4. The monoisotopic (exact) mass is 255 g/mol. The molecule has 1 rings (SSSR count). The van der Waals surface area contributed by atoms with E-state index >= 15 is 0 Å². The second kappa shape index (κ2) is 9.08. The van der Waals surface area contributed by atoms with Crippen molar-refractivity contribution < 1.29 is 9.53 Å². The summed E-state index contributed by atoms with van der Waals surface area (Å²) in [5, 5.41) is 2.80. The Morgan fingerprint density at radius 2 is 2.00 bits per heavy atom. The van der Waals surface area contributed by atoms with Crippen molar-refractivity contribution in [1.82, 2.24) is 15.1 Å². The van der Waals surface area contributed by atoms with Crippen LogP contribution in [0.25, 0.3) is 0 Å². The third kappa shape index (κ3) is 6.14. The maximum atomic E-state index is 11.5. The zero-order valence-corrected chi connectivity index (χ0v) is 11.4. The predicted molar refractivity (Wildman–Crippen MR) is 72.6 cm³/mol. The molecule has 0 aromatic heterocycles. The van der Waals surface area contributed by atoms with Crippen LogP contribution < -0.4 is 5.32 Å². The summed E-state index contributed by atoms with van der Waals surface area (Å²) < 4.78 is 5.34. The van der Waals surface area contributed by atoms with Crippen LogP contribution in [0.2, 0.25) is 0 Å². The maximum Gasteiger partial charge on any atom is 0.234 e. The molecule has 0 aromatic carbocycles. The van der Waals surface area contributed by atoms with Crippen LogP contribution in [-0.4, -0.2) is 74.7 Å². The molecule has 5 nitrogen and oxygen atoms in total. The van der Waals surface area contributed by atoms with Gasteiger partial charge in [0.05, 0.1) is 13.2 Å². The van der Waals surface area contributed by atoms with Gasteiger partial charge in [-0.2, -0.15) is 0 Å². The quantitative estimate of drug-likeness (QED) is 0.488. The van der Waals surface area contributed by atoms with Crippen LogP contribution in [0.4, 0.5) is 0 Å². The van der Waals surface area contributed by atoms with E-state index in [1.165, 1.54) is 0 Å². The summed E-state index contributed by atoms with van der Waals surface area (Å²) in [6, 6.07) is 0. The minimum atomic E-state index is 0.0812. The Bertz CT molecular complexity index is 251. The number of piperazine rings is 1. The second-order valence-electron chi connectivity index (χ2n) is 4.41.